The highest BCUT2D eigenvalue weighted by atomic mass is 16.3. The molecule has 1 fully saturated rings. The van der Waals surface area contributed by atoms with Crippen molar-refractivity contribution in [3.8, 4) is 0 Å². The van der Waals surface area contributed by atoms with E-state index < -0.39 is 0 Å². The van der Waals surface area contributed by atoms with Crippen LogP contribution in [0.25, 0.3) is 0 Å². The molecule has 0 spiro atoms. The molecule has 0 aliphatic heterocycles. The van der Waals surface area contributed by atoms with Crippen LogP contribution in [0.4, 0.5) is 0 Å². The first kappa shape index (κ1) is 17.0. The lowest BCUT2D eigenvalue weighted by molar-refractivity contribution is 0.0126. The number of hydrogen-bond donors (Lipinski definition) is 1. The van der Waals surface area contributed by atoms with Crippen molar-refractivity contribution in [2.24, 2.45) is 17.3 Å². The fourth-order valence-electron chi connectivity index (χ4n) is 4.61. The van der Waals surface area contributed by atoms with Gasteiger partial charge < -0.3 is 5.11 Å². The van der Waals surface area contributed by atoms with Crippen LogP contribution in [0.1, 0.15) is 91.9 Å². The van der Waals surface area contributed by atoms with Gasteiger partial charge in [-0.25, -0.2) is 0 Å². The Hall–Kier alpha value is -0.0400. The normalized spacial score (nSPS) is 28.3. The zero-order valence-electron chi connectivity index (χ0n) is 13.8. The molecule has 0 aromatic heterocycles. The lowest BCUT2D eigenvalue weighted by atomic mass is 9.57. The Morgan fingerprint density at radius 3 is 2.32 bits per heavy atom. The van der Waals surface area contributed by atoms with Crippen LogP contribution in [-0.4, -0.2) is 11.2 Å². The molecule has 19 heavy (non-hydrogen) atoms. The molecule has 0 saturated heterocycles. The minimum atomic E-state index is -0.0594. The predicted octanol–water partition coefficient (Wildman–Crippen LogP) is 5.56. The molecule has 114 valence electrons. The number of aliphatic hydroxyl groups is 1. The summed E-state index contributed by atoms with van der Waals surface area (Å²) in [6.45, 7) is 9.30. The van der Waals surface area contributed by atoms with Gasteiger partial charge >= 0.3 is 0 Å². The van der Waals surface area contributed by atoms with Crippen molar-refractivity contribution in [2.45, 2.75) is 98.0 Å². The molecule has 3 unspecified atom stereocenters. The summed E-state index contributed by atoms with van der Waals surface area (Å²) < 4.78 is 0. The van der Waals surface area contributed by atoms with Crippen LogP contribution >= 0.6 is 0 Å². The summed E-state index contributed by atoms with van der Waals surface area (Å²) in [5.41, 5.74) is 0.574. The number of rotatable bonds is 8. The highest BCUT2D eigenvalue weighted by Crippen LogP contribution is 2.52. The van der Waals surface area contributed by atoms with Gasteiger partial charge in [-0.3, -0.25) is 0 Å². The van der Waals surface area contributed by atoms with Crippen molar-refractivity contribution in [3.63, 3.8) is 0 Å². The lowest BCUT2D eigenvalue weighted by Crippen LogP contribution is -2.39. The Kier molecular flexibility index (Phi) is 7.42. The van der Waals surface area contributed by atoms with E-state index in [1.54, 1.807) is 0 Å². The average Bonchev–Trinajstić information content (AvgIpc) is 2.44. The second-order valence-corrected chi connectivity index (χ2v) is 6.76. The highest BCUT2D eigenvalue weighted by molar-refractivity contribution is 4.92. The molecule has 0 radical (unpaired) electrons. The van der Waals surface area contributed by atoms with Crippen LogP contribution in [0.15, 0.2) is 0 Å². The summed E-state index contributed by atoms with van der Waals surface area (Å²) in [5, 5.41) is 10.1. The summed E-state index contributed by atoms with van der Waals surface area (Å²) in [6.07, 6.45) is 12.6. The van der Waals surface area contributed by atoms with Crippen LogP contribution in [0.2, 0.25) is 0 Å². The van der Waals surface area contributed by atoms with Gasteiger partial charge in [0, 0.05) is 0 Å². The molecule has 0 amide bonds. The molecule has 1 aliphatic carbocycles. The summed E-state index contributed by atoms with van der Waals surface area (Å²) in [7, 11) is 0. The van der Waals surface area contributed by atoms with E-state index in [1.807, 2.05) is 0 Å². The molecule has 1 heteroatoms. The van der Waals surface area contributed by atoms with Crippen molar-refractivity contribution in [1.29, 1.82) is 0 Å². The van der Waals surface area contributed by atoms with Crippen LogP contribution in [0.3, 0.4) is 0 Å². The molecule has 0 bridgehead atoms. The van der Waals surface area contributed by atoms with Gasteiger partial charge in [0.1, 0.15) is 0 Å². The molecule has 1 rings (SSSR count). The van der Waals surface area contributed by atoms with Crippen LogP contribution in [0.5, 0.6) is 0 Å². The minimum absolute atomic E-state index is 0.0594. The van der Waals surface area contributed by atoms with E-state index in [2.05, 4.69) is 27.7 Å². The Morgan fingerprint density at radius 2 is 1.79 bits per heavy atom. The van der Waals surface area contributed by atoms with Crippen molar-refractivity contribution >= 4 is 0 Å². The van der Waals surface area contributed by atoms with Crippen molar-refractivity contribution < 1.29 is 5.11 Å². The van der Waals surface area contributed by atoms with E-state index in [4.69, 9.17) is 0 Å². The third kappa shape index (κ3) is 4.21. The third-order valence-electron chi connectivity index (χ3n) is 5.97. The molecule has 1 aliphatic rings. The SMILES string of the molecule is CCCC(O)CCC1C(CC)CCCC1(CC)CC. The van der Waals surface area contributed by atoms with E-state index >= 15 is 0 Å². The second-order valence-electron chi connectivity index (χ2n) is 6.76. The van der Waals surface area contributed by atoms with Gasteiger partial charge in [-0.15, -0.1) is 0 Å². The first-order valence-electron chi connectivity index (χ1n) is 8.81. The Labute approximate surface area is 121 Å². The maximum atomic E-state index is 10.1. The van der Waals surface area contributed by atoms with Gasteiger partial charge in [-0.2, -0.15) is 0 Å². The molecule has 0 heterocycles. The standard InChI is InChI=1S/C18H36O/c1-5-10-16(19)12-13-17-15(6-2)11-9-14-18(17,7-3)8-4/h15-17,19H,5-14H2,1-4H3. The molecule has 1 saturated carbocycles. The van der Waals surface area contributed by atoms with Crippen LogP contribution in [0, 0.1) is 17.3 Å². The van der Waals surface area contributed by atoms with Crippen LogP contribution in [-0.2, 0) is 0 Å². The van der Waals surface area contributed by atoms with Crippen molar-refractivity contribution in [3.05, 3.63) is 0 Å². The fourth-order valence-corrected chi connectivity index (χ4v) is 4.61. The molecule has 1 nitrogen and oxygen atoms in total. The van der Waals surface area contributed by atoms with E-state index in [0.717, 1.165) is 31.1 Å². The zero-order valence-corrected chi connectivity index (χ0v) is 13.8. The van der Waals surface area contributed by atoms with Crippen molar-refractivity contribution in [1.82, 2.24) is 0 Å². The van der Waals surface area contributed by atoms with Gasteiger partial charge in [0.15, 0.2) is 0 Å². The van der Waals surface area contributed by atoms with E-state index in [1.165, 1.54) is 44.9 Å². The van der Waals surface area contributed by atoms with Gasteiger partial charge in [-0.1, -0.05) is 66.2 Å². The summed E-state index contributed by atoms with van der Waals surface area (Å²) >= 11 is 0. The van der Waals surface area contributed by atoms with Crippen LogP contribution < -0.4 is 0 Å². The molecular formula is C18H36O. The van der Waals surface area contributed by atoms with E-state index in [9.17, 15) is 5.11 Å². The number of hydrogen-bond acceptors (Lipinski definition) is 1. The highest BCUT2D eigenvalue weighted by Gasteiger charge is 2.41. The molecule has 0 aromatic rings. The quantitative estimate of drug-likeness (QED) is 0.611. The van der Waals surface area contributed by atoms with E-state index in [-0.39, 0.29) is 6.10 Å². The Balaban J connectivity index is 2.69. The van der Waals surface area contributed by atoms with Gasteiger partial charge in [0.05, 0.1) is 6.10 Å². The molecule has 1 N–H and O–H groups in total. The maximum Gasteiger partial charge on any atom is 0.0540 e. The van der Waals surface area contributed by atoms with Gasteiger partial charge in [-0.05, 0) is 42.9 Å². The molecule has 3 atom stereocenters. The largest absolute Gasteiger partial charge is 0.393 e. The fraction of sp³-hybridized carbons (Fsp3) is 1.00. The second kappa shape index (κ2) is 8.29. The third-order valence-corrected chi connectivity index (χ3v) is 5.97. The summed E-state index contributed by atoms with van der Waals surface area (Å²) in [6, 6.07) is 0. The summed E-state index contributed by atoms with van der Waals surface area (Å²) in [5.74, 6) is 1.76. The lowest BCUT2D eigenvalue weighted by Gasteiger charge is -2.48. The Bertz CT molecular complexity index is 232. The summed E-state index contributed by atoms with van der Waals surface area (Å²) in [4.78, 5) is 0. The monoisotopic (exact) mass is 268 g/mol. The zero-order chi connectivity index (χ0) is 14.3. The maximum absolute atomic E-state index is 10.1. The Morgan fingerprint density at radius 1 is 1.11 bits per heavy atom. The smallest absolute Gasteiger partial charge is 0.0540 e. The minimum Gasteiger partial charge on any atom is -0.393 e. The number of aliphatic hydroxyl groups excluding tert-OH is 1. The molecular weight excluding hydrogens is 232 g/mol. The van der Waals surface area contributed by atoms with Crippen molar-refractivity contribution in [2.75, 3.05) is 0 Å². The first-order chi connectivity index (χ1) is 9.13. The topological polar surface area (TPSA) is 20.2 Å². The average molecular weight is 268 g/mol. The first-order valence-corrected chi connectivity index (χ1v) is 8.81. The van der Waals surface area contributed by atoms with Gasteiger partial charge in [0.2, 0.25) is 0 Å². The molecule has 0 aromatic carbocycles. The van der Waals surface area contributed by atoms with Gasteiger partial charge in [0.25, 0.3) is 0 Å². The van der Waals surface area contributed by atoms with E-state index in [0.29, 0.717) is 5.41 Å². The predicted molar refractivity (Wildman–Crippen MR) is 84.3 cm³/mol.